The summed E-state index contributed by atoms with van der Waals surface area (Å²) in [5.74, 6) is -0.688. The van der Waals surface area contributed by atoms with E-state index in [1.54, 1.807) is 0 Å². The molecule has 1 saturated heterocycles. The maximum Gasteiger partial charge on any atom is 0.490 e. The molecule has 0 aromatic heterocycles. The zero-order valence-electron chi connectivity index (χ0n) is 18.6. The predicted octanol–water partition coefficient (Wildman–Crippen LogP) is 5.66. The van der Waals surface area contributed by atoms with Crippen LogP contribution in [0.3, 0.4) is 0 Å². The first-order valence-electron chi connectivity index (χ1n) is 11.5. The van der Waals surface area contributed by atoms with Crippen molar-refractivity contribution in [2.75, 3.05) is 31.5 Å². The number of alkyl halides is 3. The maximum atomic E-state index is 10.6. The Morgan fingerprint density at radius 3 is 2.33 bits per heavy atom. The van der Waals surface area contributed by atoms with E-state index in [-0.39, 0.29) is 0 Å². The number of hydrogen-bond acceptors (Lipinski definition) is 4. The first kappa shape index (κ1) is 24.8. The largest absolute Gasteiger partial charge is 0.490 e. The number of benzene rings is 2. The molecule has 0 unspecified atom stereocenters. The first-order valence-corrected chi connectivity index (χ1v) is 11.5. The van der Waals surface area contributed by atoms with Crippen LogP contribution in [0.5, 0.6) is 0 Å². The Hall–Kier alpha value is -2.79. The summed E-state index contributed by atoms with van der Waals surface area (Å²) < 4.78 is 31.7. The van der Waals surface area contributed by atoms with E-state index in [1.165, 1.54) is 51.7 Å². The van der Waals surface area contributed by atoms with Crippen LogP contribution in [0.2, 0.25) is 0 Å². The van der Waals surface area contributed by atoms with Crippen LogP contribution in [0.25, 0.3) is 10.8 Å². The molecule has 178 valence electrons. The normalized spacial score (nSPS) is 17.2. The van der Waals surface area contributed by atoms with Gasteiger partial charge in [-0.2, -0.15) is 18.4 Å². The number of fused-ring (bicyclic) bond motifs is 1. The number of nitriles is 1. The van der Waals surface area contributed by atoms with Crippen LogP contribution in [-0.2, 0) is 4.79 Å². The summed E-state index contributed by atoms with van der Waals surface area (Å²) in [5, 5.41) is 22.4. The fourth-order valence-corrected chi connectivity index (χ4v) is 4.34. The van der Waals surface area contributed by atoms with Crippen molar-refractivity contribution < 1.29 is 23.1 Å². The van der Waals surface area contributed by atoms with Crippen molar-refractivity contribution in [2.45, 2.75) is 44.7 Å². The lowest BCUT2D eigenvalue weighted by atomic mass is 9.91. The molecule has 0 amide bonds. The Morgan fingerprint density at radius 2 is 1.73 bits per heavy atom. The molecule has 1 saturated carbocycles. The lowest BCUT2D eigenvalue weighted by Gasteiger charge is -2.32. The molecule has 2 aromatic rings. The number of likely N-dealkylation sites (tertiary alicyclic amines) is 1. The summed E-state index contributed by atoms with van der Waals surface area (Å²) >= 11 is 0. The molecule has 0 atom stereocenters. The number of nitrogens with one attached hydrogen (secondary N) is 1. The van der Waals surface area contributed by atoms with E-state index in [2.05, 4.69) is 28.4 Å². The van der Waals surface area contributed by atoms with E-state index >= 15 is 0 Å². The molecule has 1 aliphatic heterocycles. The quantitative estimate of drug-likeness (QED) is 0.521. The zero-order valence-corrected chi connectivity index (χ0v) is 18.6. The van der Waals surface area contributed by atoms with Crippen LogP contribution >= 0.6 is 0 Å². The van der Waals surface area contributed by atoms with Crippen LogP contribution in [-0.4, -0.2) is 48.3 Å². The fourth-order valence-electron chi connectivity index (χ4n) is 4.34. The molecule has 0 bridgehead atoms. The highest BCUT2D eigenvalue weighted by Gasteiger charge is 2.38. The average molecular weight is 462 g/mol. The molecule has 1 heterocycles. The highest BCUT2D eigenvalue weighted by Crippen LogP contribution is 2.38. The molecule has 5 nitrogen and oxygen atoms in total. The zero-order chi connectivity index (χ0) is 23.8. The third kappa shape index (κ3) is 7.64. The Bertz CT molecular complexity index is 975. The second-order valence-corrected chi connectivity index (χ2v) is 8.87. The van der Waals surface area contributed by atoms with Crippen LogP contribution in [0.1, 0.15) is 44.1 Å². The smallest absolute Gasteiger partial charge is 0.475 e. The van der Waals surface area contributed by atoms with Gasteiger partial charge in [0.2, 0.25) is 0 Å². The third-order valence-electron chi connectivity index (χ3n) is 6.32. The molecule has 1 aliphatic carbocycles. The van der Waals surface area contributed by atoms with Crippen molar-refractivity contribution in [3.05, 3.63) is 42.0 Å². The molecule has 8 heteroatoms. The predicted molar refractivity (Wildman–Crippen MR) is 122 cm³/mol. The number of carboxylic acids is 1. The van der Waals surface area contributed by atoms with E-state index < -0.39 is 12.1 Å². The fraction of sp³-hybridized carbons (Fsp3) is 0.520. The Morgan fingerprint density at radius 1 is 1.09 bits per heavy atom. The molecule has 2 aliphatic rings. The van der Waals surface area contributed by atoms with Gasteiger partial charge in [-0.05, 0) is 68.6 Å². The average Bonchev–Trinajstić information content (AvgIpc) is 3.61. The number of piperidine rings is 1. The molecule has 33 heavy (non-hydrogen) atoms. The van der Waals surface area contributed by atoms with E-state index in [0.29, 0.717) is 0 Å². The van der Waals surface area contributed by atoms with E-state index in [4.69, 9.17) is 9.90 Å². The van der Waals surface area contributed by atoms with Gasteiger partial charge < -0.3 is 15.3 Å². The minimum atomic E-state index is -5.08. The molecule has 0 spiro atoms. The van der Waals surface area contributed by atoms with Crippen molar-refractivity contribution >= 4 is 22.4 Å². The van der Waals surface area contributed by atoms with Gasteiger partial charge in [0.15, 0.2) is 0 Å². The summed E-state index contributed by atoms with van der Waals surface area (Å²) in [6.45, 7) is 4.64. The minimum absolute atomic E-state index is 0.768. The van der Waals surface area contributed by atoms with Crippen LogP contribution in [0, 0.1) is 23.2 Å². The number of carbonyl (C=O) groups is 1. The second-order valence-electron chi connectivity index (χ2n) is 8.87. The van der Waals surface area contributed by atoms with Crippen molar-refractivity contribution in [2.24, 2.45) is 11.8 Å². The van der Waals surface area contributed by atoms with Crippen molar-refractivity contribution in [1.29, 1.82) is 5.26 Å². The topological polar surface area (TPSA) is 76.4 Å². The van der Waals surface area contributed by atoms with Gasteiger partial charge in [0, 0.05) is 11.9 Å². The molecule has 2 N–H and O–H groups in total. The number of nitrogens with zero attached hydrogens (tertiary/aromatic N) is 2. The number of rotatable bonds is 7. The van der Waals surface area contributed by atoms with Crippen LogP contribution in [0.4, 0.5) is 18.9 Å². The van der Waals surface area contributed by atoms with E-state index in [0.717, 1.165) is 46.8 Å². The lowest BCUT2D eigenvalue weighted by Crippen LogP contribution is -2.35. The van der Waals surface area contributed by atoms with E-state index in [1.807, 2.05) is 24.3 Å². The second kappa shape index (κ2) is 11.4. The Labute approximate surface area is 192 Å². The molecular formula is C25H30F3N3O2. The van der Waals surface area contributed by atoms with Gasteiger partial charge in [0.25, 0.3) is 0 Å². The lowest BCUT2D eigenvalue weighted by molar-refractivity contribution is -0.192. The highest BCUT2D eigenvalue weighted by atomic mass is 19.4. The van der Waals surface area contributed by atoms with Crippen molar-refractivity contribution in [3.8, 4) is 6.07 Å². The molecule has 4 rings (SSSR count). The minimum Gasteiger partial charge on any atom is -0.475 e. The maximum absolute atomic E-state index is 10.6. The standard InChI is InChI=1S/C23H29N3.C2HF3O2/c24-17-22-21-5-2-1-4-20(21)8-9-23(22)25-12-3-13-26-14-10-19(11-15-26)16-18-6-7-18;3-2(4,5)1(6)7/h1-2,4-5,8-9,18-19,25H,3,6-7,10-16H2;(H,6,7). The molecule has 2 aromatic carbocycles. The summed E-state index contributed by atoms with van der Waals surface area (Å²) in [5.41, 5.74) is 1.73. The van der Waals surface area contributed by atoms with Crippen molar-refractivity contribution in [3.63, 3.8) is 0 Å². The number of anilines is 1. The number of carboxylic acid groups (broad SMARTS) is 1. The van der Waals surface area contributed by atoms with Gasteiger partial charge in [-0.15, -0.1) is 0 Å². The van der Waals surface area contributed by atoms with Gasteiger partial charge in [-0.1, -0.05) is 43.2 Å². The van der Waals surface area contributed by atoms with Crippen molar-refractivity contribution in [1.82, 2.24) is 4.90 Å². The van der Waals surface area contributed by atoms with Gasteiger partial charge in [-0.25, -0.2) is 4.79 Å². The molecular weight excluding hydrogens is 431 g/mol. The number of halogens is 3. The summed E-state index contributed by atoms with van der Waals surface area (Å²) in [4.78, 5) is 11.5. The van der Waals surface area contributed by atoms with Gasteiger partial charge >= 0.3 is 12.1 Å². The van der Waals surface area contributed by atoms with Crippen LogP contribution in [0.15, 0.2) is 36.4 Å². The van der Waals surface area contributed by atoms with Gasteiger partial charge in [-0.3, -0.25) is 0 Å². The third-order valence-corrected chi connectivity index (χ3v) is 6.32. The van der Waals surface area contributed by atoms with Crippen LogP contribution < -0.4 is 5.32 Å². The van der Waals surface area contributed by atoms with Gasteiger partial charge in [0.05, 0.1) is 11.3 Å². The Kier molecular flexibility index (Phi) is 8.56. The molecule has 2 fully saturated rings. The highest BCUT2D eigenvalue weighted by molar-refractivity contribution is 5.92. The first-order chi connectivity index (χ1) is 15.8. The SMILES string of the molecule is N#Cc1c(NCCCN2CCC(CC3CC3)CC2)ccc2ccccc12.O=C(O)C(F)(F)F. The molecule has 0 radical (unpaired) electrons. The van der Waals surface area contributed by atoms with E-state index in [9.17, 15) is 18.4 Å². The summed E-state index contributed by atoms with van der Waals surface area (Å²) in [6, 6.07) is 14.6. The number of hydrogen-bond donors (Lipinski definition) is 2. The summed E-state index contributed by atoms with van der Waals surface area (Å²) in [6.07, 6.45) is 3.32. The monoisotopic (exact) mass is 461 g/mol. The summed E-state index contributed by atoms with van der Waals surface area (Å²) in [7, 11) is 0. The Balaban J connectivity index is 0.000000383. The van der Waals surface area contributed by atoms with Gasteiger partial charge in [0.1, 0.15) is 6.07 Å². The number of aliphatic carboxylic acids is 1.